The van der Waals surface area contributed by atoms with Crippen molar-refractivity contribution in [1.29, 1.82) is 0 Å². The molecule has 4 aromatic rings. The largest absolute Gasteiger partial charge is 0.302 e. The lowest BCUT2D eigenvalue weighted by Gasteiger charge is -2.08. The lowest BCUT2D eigenvalue weighted by molar-refractivity contribution is -0.116. The van der Waals surface area contributed by atoms with Gasteiger partial charge in [0.1, 0.15) is 0 Å². The maximum absolute atomic E-state index is 12.3. The first kappa shape index (κ1) is 19.2. The molecule has 4 rings (SSSR count). The quantitative estimate of drug-likeness (QED) is 0.523. The maximum Gasteiger partial charge on any atom is 0.228 e. The Morgan fingerprint density at radius 3 is 2.79 bits per heavy atom. The first-order chi connectivity index (χ1) is 13.8. The van der Waals surface area contributed by atoms with Gasteiger partial charge in [0.2, 0.25) is 11.3 Å². The number of nitrogens with zero attached hydrogens (tertiary/aromatic N) is 3. The van der Waals surface area contributed by atoms with E-state index in [1.54, 1.807) is 35.0 Å². The fraction of sp³-hybridized carbons (Fsp3) is 0.158. The van der Waals surface area contributed by atoms with Gasteiger partial charge in [-0.05, 0) is 30.3 Å². The summed E-state index contributed by atoms with van der Waals surface area (Å²) in [5.74, 6) is -0.253. The van der Waals surface area contributed by atoms with E-state index in [0.717, 1.165) is 6.26 Å². The molecular weight excluding hydrogens is 412 g/mol. The number of thiazole rings is 1. The van der Waals surface area contributed by atoms with Crippen LogP contribution in [0.15, 0.2) is 58.4 Å². The highest BCUT2D eigenvalue weighted by Crippen LogP contribution is 2.28. The minimum Gasteiger partial charge on any atom is -0.302 e. The summed E-state index contributed by atoms with van der Waals surface area (Å²) >= 11 is 1.21. The van der Waals surface area contributed by atoms with Crippen LogP contribution in [0.1, 0.15) is 6.42 Å². The van der Waals surface area contributed by atoms with Crippen molar-refractivity contribution >= 4 is 53.3 Å². The summed E-state index contributed by atoms with van der Waals surface area (Å²) in [5, 5.41) is 7.79. The molecule has 0 bridgehead atoms. The normalized spacial score (nSPS) is 11.8. The predicted molar refractivity (Wildman–Crippen MR) is 112 cm³/mol. The molecule has 8 nitrogen and oxygen atoms in total. The van der Waals surface area contributed by atoms with Gasteiger partial charge in [-0.15, -0.1) is 0 Å². The van der Waals surface area contributed by atoms with Crippen LogP contribution in [-0.4, -0.2) is 35.3 Å². The van der Waals surface area contributed by atoms with Gasteiger partial charge in [0, 0.05) is 18.1 Å². The molecule has 0 saturated carbocycles. The number of sulfone groups is 1. The van der Waals surface area contributed by atoms with Gasteiger partial charge >= 0.3 is 0 Å². The van der Waals surface area contributed by atoms with Crippen molar-refractivity contribution in [2.75, 3.05) is 11.6 Å². The third kappa shape index (κ3) is 4.03. The number of aryl methyl sites for hydroxylation is 1. The van der Waals surface area contributed by atoms with Gasteiger partial charge in [-0.1, -0.05) is 23.5 Å². The molecule has 10 heteroatoms. The van der Waals surface area contributed by atoms with Gasteiger partial charge in [0.05, 0.1) is 33.4 Å². The Hall–Kier alpha value is -3.11. The van der Waals surface area contributed by atoms with E-state index >= 15 is 0 Å². The fourth-order valence-electron chi connectivity index (χ4n) is 2.92. The van der Waals surface area contributed by atoms with E-state index in [1.165, 1.54) is 23.6 Å². The number of hydrogen-bond acceptors (Lipinski definition) is 7. The molecule has 29 heavy (non-hydrogen) atoms. The number of carbonyl (C=O) groups is 1. The molecule has 2 aromatic heterocycles. The predicted octanol–water partition coefficient (Wildman–Crippen LogP) is 2.44. The Morgan fingerprint density at radius 1 is 1.21 bits per heavy atom. The Balaban J connectivity index is 1.49. The van der Waals surface area contributed by atoms with Crippen molar-refractivity contribution in [2.45, 2.75) is 17.9 Å². The Labute approximate surface area is 169 Å². The minimum absolute atomic E-state index is 0.143. The minimum atomic E-state index is -3.31. The van der Waals surface area contributed by atoms with Gasteiger partial charge in [-0.2, -0.15) is 5.10 Å². The van der Waals surface area contributed by atoms with Crippen LogP contribution in [0, 0.1) is 0 Å². The van der Waals surface area contributed by atoms with E-state index in [1.807, 2.05) is 6.07 Å². The van der Waals surface area contributed by atoms with Crippen LogP contribution in [0.4, 0.5) is 5.13 Å². The van der Waals surface area contributed by atoms with Crippen molar-refractivity contribution in [1.82, 2.24) is 14.8 Å². The second kappa shape index (κ2) is 7.37. The van der Waals surface area contributed by atoms with E-state index in [-0.39, 0.29) is 22.7 Å². The van der Waals surface area contributed by atoms with Crippen LogP contribution < -0.4 is 10.7 Å². The SMILES string of the molecule is CS(=O)(=O)c1ccc2nc(NC(=O)CCn3ncc(=O)c4ccccc43)sc2c1. The van der Waals surface area contributed by atoms with E-state index < -0.39 is 9.84 Å². The van der Waals surface area contributed by atoms with Gasteiger partial charge in [0.15, 0.2) is 15.0 Å². The van der Waals surface area contributed by atoms with E-state index in [2.05, 4.69) is 15.4 Å². The second-order valence-electron chi connectivity index (χ2n) is 6.47. The molecule has 0 aliphatic carbocycles. The zero-order valence-electron chi connectivity index (χ0n) is 15.3. The number of aromatic nitrogens is 3. The summed E-state index contributed by atoms with van der Waals surface area (Å²) in [6, 6.07) is 11.8. The number of amides is 1. The van der Waals surface area contributed by atoms with Crippen LogP contribution in [0.3, 0.4) is 0 Å². The number of benzene rings is 2. The van der Waals surface area contributed by atoms with Crippen LogP contribution in [0.5, 0.6) is 0 Å². The molecule has 0 radical (unpaired) electrons. The molecule has 148 valence electrons. The van der Waals surface area contributed by atoms with Crippen LogP contribution in [0.2, 0.25) is 0 Å². The highest BCUT2D eigenvalue weighted by molar-refractivity contribution is 7.90. The topological polar surface area (TPSA) is 111 Å². The number of hydrogen-bond donors (Lipinski definition) is 1. The zero-order valence-corrected chi connectivity index (χ0v) is 17.0. The first-order valence-electron chi connectivity index (χ1n) is 8.67. The Bertz CT molecular complexity index is 1410. The molecule has 0 saturated heterocycles. The summed E-state index contributed by atoms with van der Waals surface area (Å²) in [5.41, 5.74) is 1.12. The number of para-hydroxylation sites is 1. The monoisotopic (exact) mass is 428 g/mol. The molecule has 1 amide bonds. The molecule has 0 aliphatic rings. The summed E-state index contributed by atoms with van der Waals surface area (Å²) in [6.45, 7) is 0.301. The fourth-order valence-corrected chi connectivity index (χ4v) is 4.56. The average molecular weight is 428 g/mol. The third-order valence-corrected chi connectivity index (χ3v) is 6.39. The highest BCUT2D eigenvalue weighted by atomic mass is 32.2. The van der Waals surface area contributed by atoms with Crippen LogP contribution in [0.25, 0.3) is 21.1 Å². The molecule has 0 atom stereocenters. The lowest BCUT2D eigenvalue weighted by Crippen LogP contribution is -2.17. The summed E-state index contributed by atoms with van der Waals surface area (Å²) in [4.78, 5) is 28.8. The van der Waals surface area contributed by atoms with Crippen molar-refractivity contribution < 1.29 is 13.2 Å². The van der Waals surface area contributed by atoms with Crippen LogP contribution in [-0.2, 0) is 21.2 Å². The highest BCUT2D eigenvalue weighted by Gasteiger charge is 2.13. The van der Waals surface area contributed by atoms with E-state index in [9.17, 15) is 18.0 Å². The molecule has 0 spiro atoms. The van der Waals surface area contributed by atoms with Crippen molar-refractivity contribution in [3.63, 3.8) is 0 Å². The van der Waals surface area contributed by atoms with Gasteiger partial charge < -0.3 is 5.32 Å². The smallest absolute Gasteiger partial charge is 0.228 e. The third-order valence-electron chi connectivity index (χ3n) is 4.35. The Kier molecular flexibility index (Phi) is 4.89. The van der Waals surface area contributed by atoms with Crippen molar-refractivity contribution in [3.8, 4) is 0 Å². The van der Waals surface area contributed by atoms with Gasteiger partial charge in [-0.25, -0.2) is 13.4 Å². The lowest BCUT2D eigenvalue weighted by atomic mass is 10.2. The zero-order chi connectivity index (χ0) is 20.6. The molecule has 0 aliphatic heterocycles. The van der Waals surface area contributed by atoms with E-state index in [4.69, 9.17) is 0 Å². The number of fused-ring (bicyclic) bond motifs is 2. The first-order valence-corrected chi connectivity index (χ1v) is 11.4. The molecule has 1 N–H and O–H groups in total. The number of carbonyl (C=O) groups excluding carboxylic acids is 1. The molecule has 0 fully saturated rings. The molecule has 2 aromatic carbocycles. The average Bonchev–Trinajstić information content (AvgIpc) is 3.08. The second-order valence-corrected chi connectivity index (χ2v) is 9.51. The number of nitrogens with one attached hydrogen (secondary N) is 1. The molecule has 0 unspecified atom stereocenters. The number of rotatable bonds is 5. The van der Waals surface area contributed by atoms with E-state index in [0.29, 0.717) is 32.8 Å². The summed E-state index contributed by atoms with van der Waals surface area (Å²) < 4.78 is 25.7. The summed E-state index contributed by atoms with van der Waals surface area (Å²) in [6.07, 6.45) is 2.53. The molecular formula is C19H16N4O4S2. The van der Waals surface area contributed by atoms with Crippen molar-refractivity contribution in [2.24, 2.45) is 0 Å². The maximum atomic E-state index is 12.3. The van der Waals surface area contributed by atoms with Gasteiger partial charge in [0.25, 0.3) is 0 Å². The number of anilines is 1. The molecule has 2 heterocycles. The summed E-state index contributed by atoms with van der Waals surface area (Å²) in [7, 11) is -3.31. The van der Waals surface area contributed by atoms with Gasteiger partial charge in [-0.3, -0.25) is 14.3 Å². The van der Waals surface area contributed by atoms with Crippen molar-refractivity contribution in [3.05, 3.63) is 58.9 Å². The standard InChI is InChI=1S/C19H16N4O4S2/c1-29(26,27)12-6-7-14-17(10-12)28-19(21-14)22-18(25)8-9-23-15-5-3-2-4-13(15)16(24)11-20-23/h2-7,10-11H,8-9H2,1H3,(H,21,22,25). The Morgan fingerprint density at radius 2 is 2.00 bits per heavy atom. The van der Waals surface area contributed by atoms with Crippen LogP contribution >= 0.6 is 11.3 Å².